The molecule has 3 nitrogen and oxygen atoms in total. The van der Waals surface area contributed by atoms with Crippen LogP contribution in [0.3, 0.4) is 0 Å². The number of hydrogen-bond donors (Lipinski definition) is 2. The van der Waals surface area contributed by atoms with E-state index < -0.39 is 0 Å². The number of H-pyrrole nitrogens is 1. The zero-order chi connectivity index (χ0) is 9.26. The van der Waals surface area contributed by atoms with Crippen LogP contribution >= 0.6 is 0 Å². The van der Waals surface area contributed by atoms with Gasteiger partial charge in [-0.15, -0.1) is 0 Å². The third-order valence-corrected chi connectivity index (χ3v) is 2.66. The fourth-order valence-corrected chi connectivity index (χ4v) is 1.95. The monoisotopic (exact) mass is 178 g/mol. The van der Waals surface area contributed by atoms with E-state index in [4.69, 9.17) is 0 Å². The number of amides is 1. The molecule has 0 unspecified atom stereocenters. The van der Waals surface area contributed by atoms with Crippen molar-refractivity contribution < 1.29 is 4.79 Å². The predicted molar refractivity (Wildman–Crippen MR) is 50.8 cm³/mol. The van der Waals surface area contributed by atoms with Gasteiger partial charge in [-0.05, 0) is 31.2 Å². The molecule has 0 saturated carbocycles. The van der Waals surface area contributed by atoms with E-state index in [9.17, 15) is 4.79 Å². The molecule has 1 amide bonds. The van der Waals surface area contributed by atoms with Crippen LogP contribution in [0, 0.1) is 0 Å². The predicted octanol–water partition coefficient (Wildman–Crippen LogP) is 1.25. The van der Waals surface area contributed by atoms with Crippen LogP contribution in [-0.4, -0.2) is 17.9 Å². The van der Waals surface area contributed by atoms with Gasteiger partial charge in [-0.1, -0.05) is 0 Å². The van der Waals surface area contributed by atoms with Crippen LogP contribution in [0.2, 0.25) is 0 Å². The lowest BCUT2D eigenvalue weighted by Gasteiger charge is -2.11. The summed E-state index contributed by atoms with van der Waals surface area (Å²) in [6.07, 6.45) is 6.40. The van der Waals surface area contributed by atoms with Crippen LogP contribution < -0.4 is 5.32 Å². The van der Waals surface area contributed by atoms with Crippen molar-refractivity contribution in [3.8, 4) is 0 Å². The fourth-order valence-electron chi connectivity index (χ4n) is 1.95. The molecule has 1 aliphatic rings. The van der Waals surface area contributed by atoms with Gasteiger partial charge in [0.2, 0.25) is 0 Å². The summed E-state index contributed by atoms with van der Waals surface area (Å²) in [5.74, 6) is 0.0272. The maximum atomic E-state index is 11.4. The van der Waals surface area contributed by atoms with Gasteiger partial charge in [0.25, 0.3) is 5.91 Å². The van der Waals surface area contributed by atoms with Crippen molar-refractivity contribution in [3.63, 3.8) is 0 Å². The van der Waals surface area contributed by atoms with Crippen molar-refractivity contribution in [3.05, 3.63) is 23.0 Å². The Labute approximate surface area is 77.5 Å². The Bertz CT molecular complexity index is 328. The van der Waals surface area contributed by atoms with E-state index in [1.54, 1.807) is 7.05 Å². The third kappa shape index (κ3) is 1.34. The standard InChI is InChI=1S/C10H14N2O/c1-11-10(13)8-6-12-9-5-3-2-4-7(8)9/h6,12H,2-5H2,1H3,(H,11,13). The minimum atomic E-state index is 0.0272. The summed E-state index contributed by atoms with van der Waals surface area (Å²) >= 11 is 0. The van der Waals surface area contributed by atoms with Crippen molar-refractivity contribution >= 4 is 5.91 Å². The highest BCUT2D eigenvalue weighted by Crippen LogP contribution is 2.23. The topological polar surface area (TPSA) is 44.9 Å². The molecule has 70 valence electrons. The van der Waals surface area contributed by atoms with E-state index in [0.717, 1.165) is 18.4 Å². The number of rotatable bonds is 1. The molecule has 0 spiro atoms. The number of aromatic amines is 1. The first-order chi connectivity index (χ1) is 6.33. The second kappa shape index (κ2) is 3.24. The van der Waals surface area contributed by atoms with E-state index >= 15 is 0 Å². The van der Waals surface area contributed by atoms with E-state index in [-0.39, 0.29) is 5.91 Å². The van der Waals surface area contributed by atoms with Gasteiger partial charge in [-0.3, -0.25) is 4.79 Å². The lowest BCUT2D eigenvalue weighted by molar-refractivity contribution is 0.0962. The van der Waals surface area contributed by atoms with Crippen LogP contribution in [0.15, 0.2) is 6.20 Å². The van der Waals surface area contributed by atoms with Crippen LogP contribution in [-0.2, 0) is 12.8 Å². The van der Waals surface area contributed by atoms with Crippen molar-refractivity contribution in [1.29, 1.82) is 0 Å². The van der Waals surface area contributed by atoms with E-state index in [0.29, 0.717) is 0 Å². The number of carbonyl (C=O) groups is 1. The molecule has 2 rings (SSSR count). The van der Waals surface area contributed by atoms with Crippen molar-refractivity contribution in [2.75, 3.05) is 7.05 Å². The van der Waals surface area contributed by atoms with Crippen molar-refractivity contribution in [1.82, 2.24) is 10.3 Å². The third-order valence-electron chi connectivity index (χ3n) is 2.66. The highest BCUT2D eigenvalue weighted by Gasteiger charge is 2.18. The molecule has 0 saturated heterocycles. The number of nitrogens with one attached hydrogen (secondary N) is 2. The Morgan fingerprint density at radius 1 is 1.46 bits per heavy atom. The Kier molecular flexibility index (Phi) is 2.08. The summed E-state index contributed by atoms with van der Waals surface area (Å²) in [6, 6.07) is 0. The molecule has 13 heavy (non-hydrogen) atoms. The van der Waals surface area contributed by atoms with Gasteiger partial charge in [0.1, 0.15) is 0 Å². The maximum absolute atomic E-state index is 11.4. The van der Waals surface area contributed by atoms with E-state index in [2.05, 4.69) is 10.3 Å². The number of aromatic nitrogens is 1. The Morgan fingerprint density at radius 3 is 3.00 bits per heavy atom. The molecular weight excluding hydrogens is 164 g/mol. The molecule has 1 aromatic heterocycles. The molecule has 0 aromatic carbocycles. The molecule has 0 radical (unpaired) electrons. The maximum Gasteiger partial charge on any atom is 0.252 e. The largest absolute Gasteiger partial charge is 0.364 e. The van der Waals surface area contributed by atoms with Gasteiger partial charge in [0.05, 0.1) is 5.56 Å². The number of hydrogen-bond acceptors (Lipinski definition) is 1. The Balaban J connectivity index is 2.36. The summed E-state index contributed by atoms with van der Waals surface area (Å²) in [5, 5.41) is 2.66. The van der Waals surface area contributed by atoms with E-state index in [1.807, 2.05) is 6.20 Å². The quantitative estimate of drug-likeness (QED) is 0.668. The Morgan fingerprint density at radius 2 is 2.23 bits per heavy atom. The molecule has 1 aliphatic carbocycles. The van der Waals surface area contributed by atoms with Gasteiger partial charge >= 0.3 is 0 Å². The minimum Gasteiger partial charge on any atom is -0.364 e. The number of carbonyl (C=O) groups excluding carboxylic acids is 1. The molecule has 3 heteroatoms. The number of fused-ring (bicyclic) bond motifs is 1. The zero-order valence-electron chi connectivity index (χ0n) is 7.81. The van der Waals surface area contributed by atoms with Gasteiger partial charge < -0.3 is 10.3 Å². The highest BCUT2D eigenvalue weighted by molar-refractivity contribution is 5.95. The second-order valence-electron chi connectivity index (χ2n) is 3.45. The zero-order valence-corrected chi connectivity index (χ0v) is 7.81. The van der Waals surface area contributed by atoms with Gasteiger partial charge in [-0.2, -0.15) is 0 Å². The average Bonchev–Trinajstić information content (AvgIpc) is 2.60. The highest BCUT2D eigenvalue weighted by atomic mass is 16.1. The lowest BCUT2D eigenvalue weighted by atomic mass is 9.95. The molecule has 2 N–H and O–H groups in total. The summed E-state index contributed by atoms with van der Waals surface area (Å²) in [7, 11) is 1.67. The van der Waals surface area contributed by atoms with Crippen LogP contribution in [0.5, 0.6) is 0 Å². The molecule has 0 bridgehead atoms. The summed E-state index contributed by atoms with van der Waals surface area (Å²) < 4.78 is 0. The normalized spacial score (nSPS) is 15.2. The fraction of sp³-hybridized carbons (Fsp3) is 0.500. The second-order valence-corrected chi connectivity index (χ2v) is 3.45. The summed E-state index contributed by atoms with van der Waals surface area (Å²) in [6.45, 7) is 0. The van der Waals surface area contributed by atoms with Crippen LogP contribution in [0.4, 0.5) is 0 Å². The van der Waals surface area contributed by atoms with Crippen LogP contribution in [0.25, 0.3) is 0 Å². The molecule has 0 fully saturated rings. The SMILES string of the molecule is CNC(=O)c1c[nH]c2c1CCCC2. The van der Waals surface area contributed by atoms with Gasteiger partial charge in [0.15, 0.2) is 0 Å². The molecule has 0 aliphatic heterocycles. The Hall–Kier alpha value is -1.25. The first-order valence-corrected chi connectivity index (χ1v) is 4.74. The van der Waals surface area contributed by atoms with Crippen molar-refractivity contribution in [2.24, 2.45) is 0 Å². The van der Waals surface area contributed by atoms with E-state index in [1.165, 1.54) is 24.1 Å². The average molecular weight is 178 g/mol. The first-order valence-electron chi connectivity index (χ1n) is 4.74. The van der Waals surface area contributed by atoms with Gasteiger partial charge in [0, 0.05) is 18.9 Å². The van der Waals surface area contributed by atoms with Crippen molar-refractivity contribution in [2.45, 2.75) is 25.7 Å². The number of aryl methyl sites for hydroxylation is 1. The molecule has 1 heterocycles. The lowest BCUT2D eigenvalue weighted by Crippen LogP contribution is -2.19. The molecule has 1 aromatic rings. The summed E-state index contributed by atoms with van der Waals surface area (Å²) in [5.41, 5.74) is 3.31. The molecular formula is C10H14N2O. The minimum absolute atomic E-state index is 0.0272. The van der Waals surface area contributed by atoms with Crippen LogP contribution in [0.1, 0.15) is 34.5 Å². The summed E-state index contributed by atoms with van der Waals surface area (Å²) in [4.78, 5) is 14.6. The first kappa shape index (κ1) is 8.35. The molecule has 0 atom stereocenters. The smallest absolute Gasteiger partial charge is 0.252 e. The van der Waals surface area contributed by atoms with Gasteiger partial charge in [-0.25, -0.2) is 0 Å².